The number of alkyl halides is 3. The summed E-state index contributed by atoms with van der Waals surface area (Å²) in [6, 6.07) is 5.72. The predicted molar refractivity (Wildman–Crippen MR) is 53.1 cm³/mol. The van der Waals surface area contributed by atoms with Crippen LogP contribution in [-0.4, -0.2) is 18.0 Å². The number of hydrogen-bond acceptors (Lipinski definition) is 2. The van der Waals surface area contributed by atoms with E-state index in [1.807, 2.05) is 0 Å². The van der Waals surface area contributed by atoms with E-state index < -0.39 is 18.0 Å². The summed E-state index contributed by atoms with van der Waals surface area (Å²) < 4.78 is 35.4. The van der Waals surface area contributed by atoms with Crippen LogP contribution in [0.5, 0.6) is 0 Å². The lowest BCUT2D eigenvalue weighted by atomic mass is 10.2. The third kappa shape index (κ3) is 3.63. The smallest absolute Gasteiger partial charge is 0.267 e. The summed E-state index contributed by atoms with van der Waals surface area (Å²) in [6.45, 7) is 0. The minimum absolute atomic E-state index is 0.0448. The first-order chi connectivity index (χ1) is 7.82. The number of hydrazine groups is 1. The fraction of sp³-hybridized carbons (Fsp3) is 0.111. The van der Waals surface area contributed by atoms with Gasteiger partial charge < -0.3 is 0 Å². The molecule has 0 aliphatic rings. The molecule has 1 aromatic rings. The molecule has 0 fully saturated rings. The van der Waals surface area contributed by atoms with Crippen molar-refractivity contribution in [2.45, 2.75) is 6.18 Å². The van der Waals surface area contributed by atoms with E-state index >= 15 is 0 Å². The topological polar surface area (TPSA) is 58.2 Å². The van der Waals surface area contributed by atoms with Crippen LogP contribution in [0, 0.1) is 0 Å². The molecule has 0 radical (unpaired) electrons. The van der Waals surface area contributed by atoms with Crippen molar-refractivity contribution in [2.75, 3.05) is 0 Å². The highest BCUT2D eigenvalue weighted by atomic mass is 35.5. The van der Waals surface area contributed by atoms with E-state index in [-0.39, 0.29) is 10.6 Å². The quantitative estimate of drug-likeness (QED) is 0.760. The Labute approximate surface area is 98.7 Å². The average Bonchev–Trinajstić information content (AvgIpc) is 2.24. The molecule has 4 nitrogen and oxygen atoms in total. The number of benzene rings is 1. The summed E-state index contributed by atoms with van der Waals surface area (Å²) >= 11 is 5.63. The first kappa shape index (κ1) is 13.3. The first-order valence-corrected chi connectivity index (χ1v) is 4.62. The number of carbonyl (C=O) groups is 2. The fourth-order valence-electron chi connectivity index (χ4n) is 0.897. The Kier molecular flexibility index (Phi) is 3.95. The minimum atomic E-state index is -5.06. The van der Waals surface area contributed by atoms with Crippen LogP contribution < -0.4 is 10.9 Å². The third-order valence-electron chi connectivity index (χ3n) is 1.67. The van der Waals surface area contributed by atoms with Gasteiger partial charge in [0.25, 0.3) is 5.91 Å². The van der Waals surface area contributed by atoms with Gasteiger partial charge in [0.1, 0.15) is 0 Å². The van der Waals surface area contributed by atoms with Crippen molar-refractivity contribution < 1.29 is 22.8 Å². The maximum atomic E-state index is 11.8. The Hall–Kier alpha value is -1.76. The Morgan fingerprint density at radius 3 is 2.24 bits per heavy atom. The van der Waals surface area contributed by atoms with Crippen molar-refractivity contribution >= 4 is 23.4 Å². The van der Waals surface area contributed by atoms with Crippen LogP contribution in [0.15, 0.2) is 24.3 Å². The lowest BCUT2D eigenvalue weighted by Gasteiger charge is -2.09. The maximum Gasteiger partial charge on any atom is 0.472 e. The second kappa shape index (κ2) is 5.05. The molecule has 0 heterocycles. The number of rotatable bonds is 1. The predicted octanol–water partition coefficient (Wildman–Crippen LogP) is 1.66. The molecule has 0 spiro atoms. The number of amides is 2. The molecular formula is C9H6ClF3N2O2. The zero-order chi connectivity index (χ0) is 13.1. The van der Waals surface area contributed by atoms with Gasteiger partial charge >= 0.3 is 12.1 Å². The van der Waals surface area contributed by atoms with Crippen LogP contribution in [0.4, 0.5) is 13.2 Å². The van der Waals surface area contributed by atoms with Crippen molar-refractivity contribution in [1.29, 1.82) is 0 Å². The molecule has 0 aliphatic carbocycles. The van der Waals surface area contributed by atoms with Gasteiger partial charge in [0.05, 0.1) is 10.6 Å². The minimum Gasteiger partial charge on any atom is -0.267 e. The van der Waals surface area contributed by atoms with Crippen molar-refractivity contribution in [3.63, 3.8) is 0 Å². The standard InChI is InChI=1S/C9H6ClF3N2O2/c10-6-4-2-1-3-5(6)7(16)14-15-8(17)9(11,12)13/h1-4H,(H,14,16)(H,15,17). The molecule has 2 amide bonds. The van der Waals surface area contributed by atoms with Gasteiger partial charge in [-0.3, -0.25) is 20.4 Å². The van der Waals surface area contributed by atoms with Crippen molar-refractivity contribution in [2.24, 2.45) is 0 Å². The van der Waals surface area contributed by atoms with E-state index in [2.05, 4.69) is 0 Å². The average molecular weight is 267 g/mol. The normalized spacial score (nSPS) is 10.8. The number of halogens is 4. The summed E-state index contributed by atoms with van der Waals surface area (Å²) in [6.07, 6.45) is -5.06. The molecule has 0 unspecified atom stereocenters. The Balaban J connectivity index is 2.63. The van der Waals surface area contributed by atoms with Gasteiger partial charge in [0, 0.05) is 0 Å². The third-order valence-corrected chi connectivity index (χ3v) is 2.00. The van der Waals surface area contributed by atoms with Crippen LogP contribution in [0.1, 0.15) is 10.4 Å². The molecule has 1 rings (SSSR count). The van der Waals surface area contributed by atoms with Crippen LogP contribution in [0.3, 0.4) is 0 Å². The summed E-state index contributed by atoms with van der Waals surface area (Å²) in [5.74, 6) is -3.20. The molecule has 17 heavy (non-hydrogen) atoms. The molecule has 0 atom stereocenters. The molecule has 0 aromatic heterocycles. The summed E-state index contributed by atoms with van der Waals surface area (Å²) in [5, 5.41) is 0.0613. The molecule has 0 aliphatic heterocycles. The van der Waals surface area contributed by atoms with Crippen molar-refractivity contribution in [3.8, 4) is 0 Å². The van der Waals surface area contributed by atoms with Gasteiger partial charge in [0.2, 0.25) is 0 Å². The van der Waals surface area contributed by atoms with Crippen LogP contribution in [0.25, 0.3) is 0 Å². The van der Waals surface area contributed by atoms with Gasteiger partial charge in [-0.05, 0) is 12.1 Å². The maximum absolute atomic E-state index is 11.8. The van der Waals surface area contributed by atoms with E-state index in [1.54, 1.807) is 11.5 Å². The summed E-state index contributed by atoms with van der Waals surface area (Å²) in [7, 11) is 0. The van der Waals surface area contributed by atoms with Crippen LogP contribution >= 0.6 is 11.6 Å². The van der Waals surface area contributed by atoms with Crippen molar-refractivity contribution in [1.82, 2.24) is 10.9 Å². The van der Waals surface area contributed by atoms with Gasteiger partial charge in [-0.2, -0.15) is 13.2 Å². The lowest BCUT2D eigenvalue weighted by molar-refractivity contribution is -0.174. The monoisotopic (exact) mass is 266 g/mol. The summed E-state index contributed by atoms with van der Waals surface area (Å²) in [5.41, 5.74) is 2.78. The SMILES string of the molecule is O=C(NNC(=O)C(F)(F)F)c1ccccc1Cl. The van der Waals surface area contributed by atoms with Crippen LogP contribution in [0.2, 0.25) is 5.02 Å². The zero-order valence-corrected chi connectivity index (χ0v) is 8.89. The molecule has 8 heteroatoms. The second-order valence-corrected chi connectivity index (χ2v) is 3.29. The molecule has 0 saturated heterocycles. The van der Waals surface area contributed by atoms with Gasteiger partial charge in [-0.15, -0.1) is 0 Å². The Morgan fingerprint density at radius 1 is 1.12 bits per heavy atom. The molecular weight excluding hydrogens is 261 g/mol. The second-order valence-electron chi connectivity index (χ2n) is 2.89. The van der Waals surface area contributed by atoms with E-state index in [0.29, 0.717) is 0 Å². The van der Waals surface area contributed by atoms with E-state index in [9.17, 15) is 22.8 Å². The van der Waals surface area contributed by atoms with Gasteiger partial charge in [-0.1, -0.05) is 23.7 Å². The fourth-order valence-corrected chi connectivity index (χ4v) is 1.12. The van der Waals surface area contributed by atoms with Gasteiger partial charge in [0.15, 0.2) is 0 Å². The highest BCUT2D eigenvalue weighted by molar-refractivity contribution is 6.33. The summed E-state index contributed by atoms with van der Waals surface area (Å²) in [4.78, 5) is 21.7. The highest BCUT2D eigenvalue weighted by Gasteiger charge is 2.39. The molecule has 92 valence electrons. The largest absolute Gasteiger partial charge is 0.472 e. The van der Waals surface area contributed by atoms with Gasteiger partial charge in [-0.25, -0.2) is 0 Å². The molecule has 0 bridgehead atoms. The Morgan fingerprint density at radius 2 is 1.71 bits per heavy atom. The highest BCUT2D eigenvalue weighted by Crippen LogP contribution is 2.15. The zero-order valence-electron chi connectivity index (χ0n) is 8.14. The number of nitrogens with one attached hydrogen (secondary N) is 2. The van der Waals surface area contributed by atoms with E-state index in [4.69, 9.17) is 11.6 Å². The molecule has 2 N–H and O–H groups in total. The first-order valence-electron chi connectivity index (χ1n) is 4.24. The number of hydrogen-bond donors (Lipinski definition) is 2. The van der Waals surface area contributed by atoms with Crippen molar-refractivity contribution in [3.05, 3.63) is 34.9 Å². The van der Waals surface area contributed by atoms with Crippen LogP contribution in [-0.2, 0) is 4.79 Å². The number of carbonyl (C=O) groups excluding carboxylic acids is 2. The van der Waals surface area contributed by atoms with E-state index in [1.165, 1.54) is 23.6 Å². The molecule has 1 aromatic carbocycles. The Bertz CT molecular complexity index is 448. The molecule has 0 saturated carbocycles. The van der Waals surface area contributed by atoms with E-state index in [0.717, 1.165) is 0 Å². The lowest BCUT2D eigenvalue weighted by Crippen LogP contribution is -2.47.